The fraction of sp³-hybridized carbons (Fsp3) is 0.385. The van der Waals surface area contributed by atoms with Crippen LogP contribution in [0.3, 0.4) is 0 Å². The third-order valence-electron chi connectivity index (χ3n) is 3.32. The van der Waals surface area contributed by atoms with Gasteiger partial charge in [-0.1, -0.05) is 0 Å². The van der Waals surface area contributed by atoms with Gasteiger partial charge in [-0.15, -0.1) is 5.10 Å². The van der Waals surface area contributed by atoms with Crippen molar-refractivity contribution < 1.29 is 5.11 Å². The summed E-state index contributed by atoms with van der Waals surface area (Å²) in [6.45, 7) is 1.49. The van der Waals surface area contributed by atoms with E-state index in [0.717, 1.165) is 30.8 Å². The molecule has 0 aliphatic carbocycles. The molecule has 6 nitrogen and oxygen atoms in total. The van der Waals surface area contributed by atoms with Gasteiger partial charge in [-0.25, -0.2) is 4.68 Å². The summed E-state index contributed by atoms with van der Waals surface area (Å²) in [7, 11) is 0. The number of hydrogen-bond donors (Lipinski definition) is 2. The predicted octanol–water partition coefficient (Wildman–Crippen LogP) is 0.811. The van der Waals surface area contributed by atoms with Crippen molar-refractivity contribution in [1.82, 2.24) is 14.8 Å². The fourth-order valence-corrected chi connectivity index (χ4v) is 2.29. The molecular weight excluding hydrogens is 242 g/mol. The lowest BCUT2D eigenvalue weighted by molar-refractivity contribution is 0.153. The quantitative estimate of drug-likeness (QED) is 0.780. The summed E-state index contributed by atoms with van der Waals surface area (Å²) in [4.78, 5) is 6.32. The summed E-state index contributed by atoms with van der Waals surface area (Å²) in [5, 5.41) is 14.1. The molecule has 1 aromatic carbocycles. The Bertz CT molecular complexity index is 550. The number of nitrogen functional groups attached to an aromatic ring is 1. The number of nitrogens with zero attached hydrogens (tertiary/aromatic N) is 4. The van der Waals surface area contributed by atoms with E-state index in [1.54, 1.807) is 11.0 Å². The van der Waals surface area contributed by atoms with Gasteiger partial charge in [-0.3, -0.25) is 0 Å². The van der Waals surface area contributed by atoms with E-state index in [4.69, 9.17) is 5.73 Å². The minimum absolute atomic E-state index is 0.280. The number of nitrogens with two attached hydrogens (primary N) is 1. The van der Waals surface area contributed by atoms with Crippen molar-refractivity contribution in [3.63, 3.8) is 0 Å². The molecule has 1 atom stereocenters. The molecule has 2 heterocycles. The number of rotatable bonds is 2. The summed E-state index contributed by atoms with van der Waals surface area (Å²) in [5.74, 6) is 0.663. The molecule has 1 unspecified atom stereocenters. The second-order valence-electron chi connectivity index (χ2n) is 4.82. The smallest absolute Gasteiger partial charge is 0.245 e. The first kappa shape index (κ1) is 12.0. The van der Waals surface area contributed by atoms with Crippen LogP contribution in [0.15, 0.2) is 30.6 Å². The van der Waals surface area contributed by atoms with Gasteiger partial charge in [0.2, 0.25) is 5.95 Å². The minimum Gasteiger partial charge on any atom is -0.399 e. The molecule has 0 radical (unpaired) electrons. The van der Waals surface area contributed by atoms with Gasteiger partial charge < -0.3 is 15.7 Å². The highest BCUT2D eigenvalue weighted by Gasteiger charge is 2.20. The molecule has 100 valence electrons. The van der Waals surface area contributed by atoms with Crippen LogP contribution in [0.4, 0.5) is 11.6 Å². The highest BCUT2D eigenvalue weighted by Crippen LogP contribution is 2.17. The number of piperidine rings is 1. The van der Waals surface area contributed by atoms with Crippen molar-refractivity contribution in [2.24, 2.45) is 0 Å². The lowest BCUT2D eigenvalue weighted by atomic mass is 10.1. The molecule has 1 saturated heterocycles. The van der Waals surface area contributed by atoms with Crippen LogP contribution in [0.1, 0.15) is 12.8 Å². The van der Waals surface area contributed by atoms with Gasteiger partial charge in [0.15, 0.2) is 0 Å². The molecule has 1 aliphatic heterocycles. The molecule has 0 saturated carbocycles. The number of benzene rings is 1. The Kier molecular flexibility index (Phi) is 3.08. The third-order valence-corrected chi connectivity index (χ3v) is 3.32. The molecule has 6 heteroatoms. The number of aliphatic hydroxyl groups is 1. The number of anilines is 2. The Balaban J connectivity index is 1.81. The van der Waals surface area contributed by atoms with Crippen LogP contribution in [0.5, 0.6) is 0 Å². The summed E-state index contributed by atoms with van der Waals surface area (Å²) in [6, 6.07) is 7.47. The summed E-state index contributed by atoms with van der Waals surface area (Å²) in [6.07, 6.45) is 3.23. The second kappa shape index (κ2) is 4.89. The van der Waals surface area contributed by atoms with Crippen molar-refractivity contribution in [3.05, 3.63) is 30.6 Å². The van der Waals surface area contributed by atoms with E-state index in [0.29, 0.717) is 12.5 Å². The molecule has 3 N–H and O–H groups in total. The largest absolute Gasteiger partial charge is 0.399 e. The van der Waals surface area contributed by atoms with Gasteiger partial charge in [0.1, 0.15) is 6.33 Å². The van der Waals surface area contributed by atoms with Gasteiger partial charge in [0.25, 0.3) is 0 Å². The minimum atomic E-state index is -0.280. The SMILES string of the molecule is Nc1ccc(-n2cnc(N3CCCC(O)C3)n2)cc1. The molecule has 0 spiro atoms. The van der Waals surface area contributed by atoms with Crippen LogP contribution in [-0.4, -0.2) is 39.1 Å². The van der Waals surface area contributed by atoms with Gasteiger partial charge in [0, 0.05) is 18.8 Å². The molecule has 1 fully saturated rings. The standard InChI is InChI=1S/C13H17N5O/c14-10-3-5-11(6-4-10)18-9-15-13(16-18)17-7-1-2-12(19)8-17/h3-6,9,12,19H,1-2,7-8,14H2. The second-order valence-corrected chi connectivity index (χ2v) is 4.82. The molecule has 0 bridgehead atoms. The zero-order valence-corrected chi connectivity index (χ0v) is 10.6. The van der Waals surface area contributed by atoms with E-state index < -0.39 is 0 Å². The first-order valence-electron chi connectivity index (χ1n) is 6.43. The molecule has 3 rings (SSSR count). The van der Waals surface area contributed by atoms with Crippen LogP contribution >= 0.6 is 0 Å². The van der Waals surface area contributed by atoms with Crippen LogP contribution < -0.4 is 10.6 Å². The number of β-amino-alcohol motifs (C(OH)–C–C–N with tert-alkyl or cyclic N) is 1. The fourth-order valence-electron chi connectivity index (χ4n) is 2.29. The van der Waals surface area contributed by atoms with Crippen molar-refractivity contribution in [2.45, 2.75) is 18.9 Å². The van der Waals surface area contributed by atoms with Crippen molar-refractivity contribution >= 4 is 11.6 Å². The Morgan fingerprint density at radius 3 is 2.79 bits per heavy atom. The number of aromatic nitrogens is 3. The van der Waals surface area contributed by atoms with Gasteiger partial charge in [-0.05, 0) is 37.1 Å². The maximum absolute atomic E-state index is 9.68. The average molecular weight is 259 g/mol. The van der Waals surface area contributed by atoms with E-state index in [1.807, 2.05) is 29.2 Å². The maximum atomic E-state index is 9.68. The van der Waals surface area contributed by atoms with Crippen molar-refractivity contribution in [1.29, 1.82) is 0 Å². The Morgan fingerprint density at radius 2 is 2.05 bits per heavy atom. The van der Waals surface area contributed by atoms with Crippen molar-refractivity contribution in [3.8, 4) is 5.69 Å². The summed E-state index contributed by atoms with van der Waals surface area (Å²) in [5.41, 5.74) is 7.31. The first-order valence-corrected chi connectivity index (χ1v) is 6.43. The van der Waals surface area contributed by atoms with Crippen LogP contribution in [0.2, 0.25) is 0 Å². The van der Waals surface area contributed by atoms with E-state index in [1.165, 1.54) is 0 Å². The van der Waals surface area contributed by atoms with Gasteiger partial charge in [-0.2, -0.15) is 4.98 Å². The molecule has 1 aromatic heterocycles. The van der Waals surface area contributed by atoms with Gasteiger partial charge in [0.05, 0.1) is 11.8 Å². The molecule has 1 aliphatic rings. The zero-order chi connectivity index (χ0) is 13.2. The first-order chi connectivity index (χ1) is 9.22. The molecule has 19 heavy (non-hydrogen) atoms. The monoisotopic (exact) mass is 259 g/mol. The highest BCUT2D eigenvalue weighted by molar-refractivity contribution is 5.45. The van der Waals surface area contributed by atoms with E-state index in [2.05, 4.69) is 10.1 Å². The Hall–Kier alpha value is -2.08. The molecular formula is C13H17N5O. The topological polar surface area (TPSA) is 80.2 Å². The molecule has 2 aromatic rings. The lowest BCUT2D eigenvalue weighted by Crippen LogP contribution is -2.38. The molecule has 0 amide bonds. The van der Waals surface area contributed by atoms with Crippen molar-refractivity contribution in [2.75, 3.05) is 23.7 Å². The predicted molar refractivity (Wildman–Crippen MR) is 73.2 cm³/mol. The van der Waals surface area contributed by atoms with Crippen LogP contribution in [-0.2, 0) is 0 Å². The van der Waals surface area contributed by atoms with Crippen LogP contribution in [0.25, 0.3) is 5.69 Å². The summed E-state index contributed by atoms with van der Waals surface area (Å²) < 4.78 is 1.72. The maximum Gasteiger partial charge on any atom is 0.245 e. The van der Waals surface area contributed by atoms with E-state index in [9.17, 15) is 5.11 Å². The van der Waals surface area contributed by atoms with Crippen LogP contribution in [0, 0.1) is 0 Å². The zero-order valence-electron chi connectivity index (χ0n) is 10.6. The van der Waals surface area contributed by atoms with E-state index in [-0.39, 0.29) is 6.10 Å². The Morgan fingerprint density at radius 1 is 1.26 bits per heavy atom. The normalized spacial score (nSPS) is 19.6. The number of hydrogen-bond acceptors (Lipinski definition) is 5. The van der Waals surface area contributed by atoms with E-state index >= 15 is 0 Å². The average Bonchev–Trinajstić information content (AvgIpc) is 2.89. The number of aliphatic hydroxyl groups excluding tert-OH is 1. The third kappa shape index (κ3) is 2.53. The summed E-state index contributed by atoms with van der Waals surface area (Å²) >= 11 is 0. The Labute approximate surface area is 111 Å². The van der Waals surface area contributed by atoms with Gasteiger partial charge >= 0.3 is 0 Å². The lowest BCUT2D eigenvalue weighted by Gasteiger charge is -2.28. The highest BCUT2D eigenvalue weighted by atomic mass is 16.3.